The molecule has 4 atom stereocenters. The van der Waals surface area contributed by atoms with Crippen LogP contribution in [0.3, 0.4) is 0 Å². The Labute approximate surface area is 361 Å². The van der Waals surface area contributed by atoms with E-state index < -0.39 is 24.1 Å². The number of para-hydroxylation sites is 2. The summed E-state index contributed by atoms with van der Waals surface area (Å²) in [6.45, 7) is 5.10. The summed E-state index contributed by atoms with van der Waals surface area (Å²) in [6, 6.07) is 30.7. The molecule has 4 aromatic carbocycles. The number of esters is 2. The summed E-state index contributed by atoms with van der Waals surface area (Å²) in [5.41, 5.74) is 3.49. The average Bonchev–Trinajstić information content (AvgIpc) is 3.39. The number of fused-ring (bicyclic) bond motifs is 2. The van der Waals surface area contributed by atoms with Crippen LogP contribution in [0, 0.1) is 0 Å². The van der Waals surface area contributed by atoms with E-state index in [-0.39, 0.29) is 34.7 Å². The molecule has 0 aliphatic carbocycles. The molecular formula is C44H53ClN4O8S2. The van der Waals surface area contributed by atoms with E-state index in [0.717, 1.165) is 43.8 Å². The smallest absolute Gasteiger partial charge is 0.303 e. The molecule has 0 saturated heterocycles. The van der Waals surface area contributed by atoms with E-state index in [4.69, 9.17) is 18.9 Å². The summed E-state index contributed by atoms with van der Waals surface area (Å²) in [6.07, 6.45) is -1.83. The summed E-state index contributed by atoms with van der Waals surface area (Å²) in [5, 5.41) is -0.717. The molecule has 2 heterocycles. The van der Waals surface area contributed by atoms with Crippen LogP contribution in [-0.2, 0) is 28.7 Å². The molecule has 0 N–H and O–H groups in total. The zero-order valence-electron chi connectivity index (χ0n) is 34.7. The number of benzene rings is 4. The Balaban J connectivity index is 0.000000256. The topological polar surface area (TPSA) is 118 Å². The van der Waals surface area contributed by atoms with Gasteiger partial charge in [-0.2, -0.15) is 0 Å². The van der Waals surface area contributed by atoms with Crippen molar-refractivity contribution in [1.82, 2.24) is 9.80 Å². The summed E-state index contributed by atoms with van der Waals surface area (Å²) in [4.78, 5) is 60.3. The minimum absolute atomic E-state index is 0. The first-order valence-corrected chi connectivity index (χ1v) is 20.6. The van der Waals surface area contributed by atoms with Crippen molar-refractivity contribution in [2.45, 2.75) is 46.3 Å². The largest absolute Gasteiger partial charge is 0.497 e. The second kappa shape index (κ2) is 22.0. The molecule has 0 spiro atoms. The normalized spacial score (nSPS) is 18.6. The first-order valence-electron chi connectivity index (χ1n) is 18.9. The number of likely N-dealkylation sites (N-methyl/N-ethyl adjacent to an activating group) is 2. The molecule has 2 amide bonds. The van der Waals surface area contributed by atoms with Gasteiger partial charge in [0.15, 0.2) is 12.2 Å². The van der Waals surface area contributed by atoms with Crippen LogP contribution in [-0.4, -0.2) is 114 Å². The zero-order valence-corrected chi connectivity index (χ0v) is 37.1. The maximum atomic E-state index is 13.6. The molecule has 6 rings (SSSR count). The van der Waals surface area contributed by atoms with Crippen molar-refractivity contribution < 1.29 is 38.1 Å². The molecule has 59 heavy (non-hydrogen) atoms. The van der Waals surface area contributed by atoms with Gasteiger partial charge in [0.25, 0.3) is 11.8 Å². The lowest BCUT2D eigenvalue weighted by molar-refractivity contribution is -0.153. The molecule has 15 heteroatoms. The first-order chi connectivity index (χ1) is 27.8. The number of ether oxygens (including phenoxy) is 4. The van der Waals surface area contributed by atoms with Crippen molar-refractivity contribution in [3.8, 4) is 11.5 Å². The number of halogens is 1. The van der Waals surface area contributed by atoms with E-state index in [9.17, 15) is 19.2 Å². The highest BCUT2D eigenvalue weighted by molar-refractivity contribution is 8.00. The Bertz CT molecular complexity index is 1890. The number of methoxy groups -OCH3 is 2. The predicted molar refractivity (Wildman–Crippen MR) is 236 cm³/mol. The number of anilines is 2. The molecule has 4 aromatic rings. The monoisotopic (exact) mass is 864 g/mol. The SMILES string of the molecule is COc1ccc([C@@H]2Sc3ccccc3N(CCN(C)C)C(=O)[C@@H]2OC(C)=O)cc1.COc1ccc([C@@H]2Sc3ccccc3N(CCN(C)C)C(=O)[C@@H]2OC(C)=O)cc1.Cl. The van der Waals surface area contributed by atoms with Crippen molar-refractivity contribution in [2.75, 3.05) is 78.4 Å². The fourth-order valence-corrected chi connectivity index (χ4v) is 9.11. The van der Waals surface area contributed by atoms with Crippen LogP contribution in [0.4, 0.5) is 11.4 Å². The highest BCUT2D eigenvalue weighted by atomic mass is 35.5. The molecule has 0 radical (unpaired) electrons. The Hall–Kier alpha value is -4.73. The van der Waals surface area contributed by atoms with Crippen molar-refractivity contribution in [1.29, 1.82) is 0 Å². The van der Waals surface area contributed by atoms with Crippen molar-refractivity contribution in [3.05, 3.63) is 108 Å². The molecule has 0 aromatic heterocycles. The van der Waals surface area contributed by atoms with Gasteiger partial charge < -0.3 is 38.5 Å². The Morgan fingerprint density at radius 1 is 0.576 bits per heavy atom. The van der Waals surface area contributed by atoms with E-state index >= 15 is 0 Å². The maximum Gasteiger partial charge on any atom is 0.303 e. The third-order valence-corrected chi connectivity index (χ3v) is 12.1. The molecule has 316 valence electrons. The third-order valence-electron chi connectivity index (χ3n) is 9.40. The van der Waals surface area contributed by atoms with Crippen LogP contribution in [0.1, 0.15) is 35.5 Å². The van der Waals surface area contributed by atoms with Crippen LogP contribution >= 0.6 is 35.9 Å². The summed E-state index contributed by atoms with van der Waals surface area (Å²) < 4.78 is 21.7. The minimum Gasteiger partial charge on any atom is -0.497 e. The van der Waals surface area contributed by atoms with Crippen molar-refractivity contribution in [2.24, 2.45) is 0 Å². The fourth-order valence-electron chi connectivity index (χ4n) is 6.48. The molecule has 2 aliphatic rings. The molecular weight excluding hydrogens is 812 g/mol. The number of hydrogen-bond acceptors (Lipinski definition) is 12. The maximum absolute atomic E-state index is 13.6. The lowest BCUT2D eigenvalue weighted by atomic mass is 10.1. The number of rotatable bonds is 12. The minimum atomic E-state index is -0.916. The number of thioether (sulfide) groups is 2. The average molecular weight is 866 g/mol. The fraction of sp³-hybridized carbons (Fsp3) is 0.364. The second-order valence-electron chi connectivity index (χ2n) is 14.2. The van der Waals surface area contributed by atoms with Gasteiger partial charge in [0.05, 0.1) is 36.1 Å². The zero-order chi connectivity index (χ0) is 41.9. The summed E-state index contributed by atoms with van der Waals surface area (Å²) in [7, 11) is 11.1. The number of carbonyl (C=O) groups excluding carboxylic acids is 4. The van der Waals surface area contributed by atoms with Gasteiger partial charge in [0.2, 0.25) is 0 Å². The number of hydrogen-bond donors (Lipinski definition) is 0. The predicted octanol–water partition coefficient (Wildman–Crippen LogP) is 7.16. The molecule has 2 aliphatic heterocycles. The van der Waals surface area contributed by atoms with Gasteiger partial charge in [0.1, 0.15) is 11.5 Å². The van der Waals surface area contributed by atoms with Crippen molar-refractivity contribution in [3.63, 3.8) is 0 Å². The van der Waals surface area contributed by atoms with Gasteiger partial charge in [0, 0.05) is 49.8 Å². The molecule has 0 fully saturated rings. The van der Waals surface area contributed by atoms with E-state index in [1.165, 1.54) is 13.8 Å². The number of amides is 2. The molecule has 0 unspecified atom stereocenters. The van der Waals surface area contributed by atoms with Gasteiger partial charge in [-0.1, -0.05) is 48.5 Å². The van der Waals surface area contributed by atoms with Crippen LogP contribution in [0.25, 0.3) is 0 Å². The quantitative estimate of drug-likeness (QED) is 0.135. The van der Waals surface area contributed by atoms with Gasteiger partial charge in [-0.15, -0.1) is 35.9 Å². The van der Waals surface area contributed by atoms with Gasteiger partial charge >= 0.3 is 11.9 Å². The Morgan fingerprint density at radius 3 is 1.22 bits per heavy atom. The lowest BCUT2D eigenvalue weighted by Crippen LogP contribution is -2.45. The molecule has 0 saturated carbocycles. The van der Waals surface area contributed by atoms with E-state index in [1.54, 1.807) is 47.5 Å². The van der Waals surface area contributed by atoms with Crippen molar-refractivity contribution >= 4 is 71.1 Å². The first kappa shape index (κ1) is 47.0. The van der Waals surface area contributed by atoms with Gasteiger partial charge in [-0.05, 0) is 87.8 Å². The number of carbonyl (C=O) groups is 4. The van der Waals surface area contributed by atoms with Crippen LogP contribution < -0.4 is 19.3 Å². The summed E-state index contributed by atoms with van der Waals surface area (Å²) in [5.74, 6) is 0.106. The highest BCUT2D eigenvalue weighted by Crippen LogP contribution is 2.48. The molecule has 0 bridgehead atoms. The van der Waals surface area contributed by atoms with Gasteiger partial charge in [-0.25, -0.2) is 0 Å². The standard InChI is InChI=1S/2C22H26N2O4S.ClH/c2*1-15(25)28-20-21(16-9-11-17(27-4)12-10-16)29-19-8-6-5-7-18(19)24(22(20)26)14-13-23(2)3;/h2*5-12,20-21H,13-14H2,1-4H3;1H/t2*20-,21+;/m11./s1. The number of nitrogens with zero attached hydrogens (tertiary/aromatic N) is 4. The van der Waals surface area contributed by atoms with E-state index in [2.05, 4.69) is 0 Å². The molecule has 12 nitrogen and oxygen atoms in total. The van der Waals surface area contributed by atoms with Crippen LogP contribution in [0.2, 0.25) is 0 Å². The van der Waals surface area contributed by atoms with E-state index in [1.807, 2.05) is 135 Å². The summed E-state index contributed by atoms with van der Waals surface area (Å²) >= 11 is 3.08. The Morgan fingerprint density at radius 2 is 0.915 bits per heavy atom. The van der Waals surface area contributed by atoms with Crippen LogP contribution in [0.15, 0.2) is 107 Å². The van der Waals surface area contributed by atoms with Crippen LogP contribution in [0.5, 0.6) is 11.5 Å². The van der Waals surface area contributed by atoms with E-state index in [0.29, 0.717) is 26.2 Å². The highest BCUT2D eigenvalue weighted by Gasteiger charge is 2.42. The van der Waals surface area contributed by atoms with Gasteiger partial charge in [-0.3, -0.25) is 19.2 Å². The lowest BCUT2D eigenvalue weighted by Gasteiger charge is -2.28. The Kier molecular flexibility index (Phi) is 17.5. The second-order valence-corrected chi connectivity index (χ2v) is 16.6. The third kappa shape index (κ3) is 12.2.